The number of likely N-dealkylation sites (tertiary alicyclic amines) is 1. The number of rotatable bonds is 4. The Kier molecular flexibility index (Phi) is 5.60. The van der Waals surface area contributed by atoms with Crippen molar-refractivity contribution in [3.63, 3.8) is 0 Å². The van der Waals surface area contributed by atoms with Crippen molar-refractivity contribution in [1.29, 1.82) is 0 Å². The van der Waals surface area contributed by atoms with Crippen molar-refractivity contribution in [2.24, 2.45) is 0 Å². The van der Waals surface area contributed by atoms with Crippen LogP contribution in [0, 0.1) is 6.92 Å². The van der Waals surface area contributed by atoms with Gasteiger partial charge >= 0.3 is 6.03 Å². The van der Waals surface area contributed by atoms with Crippen LogP contribution in [-0.4, -0.2) is 27.6 Å². The number of carbonyl (C=O) groups excluding carboxylic acids is 1. The molecule has 3 aromatic rings. The fraction of sp³-hybridized carbons (Fsp3) is 0.348. The lowest BCUT2D eigenvalue weighted by atomic mass is 10.0. The lowest BCUT2D eigenvalue weighted by molar-refractivity contribution is 0.142. The second-order valence-electron chi connectivity index (χ2n) is 7.47. The molecule has 2 aromatic carbocycles. The number of aromatic nitrogens is 2. The first-order valence-corrected chi connectivity index (χ1v) is 10.2. The van der Waals surface area contributed by atoms with Gasteiger partial charge in [0, 0.05) is 17.8 Å². The van der Waals surface area contributed by atoms with Gasteiger partial charge in [-0.15, -0.1) is 0 Å². The van der Waals surface area contributed by atoms with E-state index in [9.17, 15) is 4.79 Å². The van der Waals surface area contributed by atoms with Gasteiger partial charge in [0.2, 0.25) is 11.7 Å². The maximum absolute atomic E-state index is 13.1. The third kappa shape index (κ3) is 4.16. The molecule has 1 unspecified atom stereocenters. The number of nitrogens with zero attached hydrogens (tertiary/aromatic N) is 3. The largest absolute Gasteiger partial charge is 0.337 e. The van der Waals surface area contributed by atoms with E-state index in [-0.39, 0.29) is 12.1 Å². The summed E-state index contributed by atoms with van der Waals surface area (Å²) in [6, 6.07) is 15.6. The van der Waals surface area contributed by atoms with E-state index in [1.54, 1.807) is 0 Å². The molecule has 1 aliphatic rings. The van der Waals surface area contributed by atoms with Crippen LogP contribution in [0.15, 0.2) is 53.1 Å². The van der Waals surface area contributed by atoms with Crippen molar-refractivity contribution >= 4 is 11.7 Å². The zero-order valence-corrected chi connectivity index (χ0v) is 16.9. The molecule has 1 saturated heterocycles. The molecule has 1 aromatic heterocycles. The molecule has 1 N–H and O–H groups in total. The lowest BCUT2D eigenvalue weighted by Gasteiger charge is -2.33. The highest BCUT2D eigenvalue weighted by atomic mass is 16.5. The van der Waals surface area contributed by atoms with Crippen molar-refractivity contribution in [2.75, 3.05) is 11.9 Å². The van der Waals surface area contributed by atoms with Gasteiger partial charge in [-0.25, -0.2) is 4.79 Å². The molecule has 150 valence electrons. The Hall–Kier alpha value is -3.15. The van der Waals surface area contributed by atoms with Crippen LogP contribution in [0.5, 0.6) is 0 Å². The molecule has 0 saturated carbocycles. The van der Waals surface area contributed by atoms with Crippen molar-refractivity contribution in [2.45, 2.75) is 45.6 Å². The first-order valence-electron chi connectivity index (χ1n) is 10.2. The van der Waals surface area contributed by atoms with E-state index in [0.29, 0.717) is 18.3 Å². The van der Waals surface area contributed by atoms with Gasteiger partial charge in [-0.3, -0.25) is 0 Å². The fourth-order valence-electron chi connectivity index (χ4n) is 3.76. The Morgan fingerprint density at radius 3 is 2.76 bits per heavy atom. The van der Waals surface area contributed by atoms with Crippen molar-refractivity contribution in [3.8, 4) is 11.4 Å². The Balaban J connectivity index is 1.54. The van der Waals surface area contributed by atoms with Gasteiger partial charge in [0.1, 0.15) is 6.04 Å². The Morgan fingerprint density at radius 1 is 1.17 bits per heavy atom. The van der Waals surface area contributed by atoms with Gasteiger partial charge < -0.3 is 14.7 Å². The average molecular weight is 390 g/mol. The van der Waals surface area contributed by atoms with E-state index in [2.05, 4.69) is 22.4 Å². The molecule has 1 aliphatic heterocycles. The van der Waals surface area contributed by atoms with Crippen LogP contribution in [0.4, 0.5) is 10.5 Å². The summed E-state index contributed by atoms with van der Waals surface area (Å²) in [4.78, 5) is 19.5. The van der Waals surface area contributed by atoms with Gasteiger partial charge in [-0.05, 0) is 44.2 Å². The Bertz CT molecular complexity index is 981. The Morgan fingerprint density at radius 2 is 1.97 bits per heavy atom. The maximum atomic E-state index is 13.1. The summed E-state index contributed by atoms with van der Waals surface area (Å²) in [5.74, 6) is 1.06. The van der Waals surface area contributed by atoms with Crippen LogP contribution >= 0.6 is 0 Å². The first-order chi connectivity index (χ1) is 14.2. The molecular formula is C23H26N4O2. The van der Waals surface area contributed by atoms with E-state index in [1.165, 1.54) is 5.56 Å². The molecule has 0 bridgehead atoms. The zero-order valence-electron chi connectivity index (χ0n) is 16.9. The number of anilines is 1. The number of aryl methyl sites for hydroxylation is 2. The molecule has 0 aliphatic carbocycles. The van der Waals surface area contributed by atoms with E-state index < -0.39 is 0 Å². The highest BCUT2D eigenvalue weighted by molar-refractivity contribution is 5.90. The summed E-state index contributed by atoms with van der Waals surface area (Å²) in [5, 5.41) is 7.22. The molecular weight excluding hydrogens is 364 g/mol. The quantitative estimate of drug-likeness (QED) is 0.650. The smallest absolute Gasteiger partial charge is 0.322 e. The predicted octanol–water partition coefficient (Wildman–Crippen LogP) is 5.37. The number of piperidine rings is 1. The molecule has 6 nitrogen and oxygen atoms in total. The molecule has 2 heterocycles. The van der Waals surface area contributed by atoms with Crippen molar-refractivity contribution in [3.05, 3.63) is 65.5 Å². The summed E-state index contributed by atoms with van der Waals surface area (Å²) in [5.41, 5.74) is 4.07. The van der Waals surface area contributed by atoms with Crippen LogP contribution in [0.3, 0.4) is 0 Å². The third-order valence-electron chi connectivity index (χ3n) is 5.44. The topological polar surface area (TPSA) is 71.3 Å². The number of hydrogen-bond acceptors (Lipinski definition) is 4. The number of para-hydroxylation sites is 1. The van der Waals surface area contributed by atoms with Crippen LogP contribution in [0.2, 0.25) is 0 Å². The van der Waals surface area contributed by atoms with Gasteiger partial charge in [0.05, 0.1) is 0 Å². The van der Waals surface area contributed by atoms with E-state index in [0.717, 1.165) is 42.5 Å². The number of nitrogens with one attached hydrogen (secondary N) is 1. The molecule has 0 radical (unpaired) electrons. The van der Waals surface area contributed by atoms with E-state index in [1.807, 2.05) is 60.4 Å². The molecule has 29 heavy (non-hydrogen) atoms. The highest BCUT2D eigenvalue weighted by Crippen LogP contribution is 2.32. The molecule has 1 atom stereocenters. The predicted molar refractivity (Wildman–Crippen MR) is 113 cm³/mol. The maximum Gasteiger partial charge on any atom is 0.322 e. The highest BCUT2D eigenvalue weighted by Gasteiger charge is 2.32. The van der Waals surface area contributed by atoms with Crippen LogP contribution in [0.1, 0.15) is 49.2 Å². The first kappa shape index (κ1) is 19.2. The minimum Gasteiger partial charge on any atom is -0.337 e. The number of urea groups is 1. The standard InChI is InChI=1S/C23H26N4O2/c1-3-17-8-4-5-9-19(17)24-23(28)27-15-7-6-10-20(27)22-25-21(26-29-22)18-13-11-16(2)12-14-18/h4-5,8-9,11-14,20H,3,6-7,10,15H2,1-2H3,(H,24,28). The summed E-state index contributed by atoms with van der Waals surface area (Å²) in [6.45, 7) is 4.80. The Labute approximate surface area is 170 Å². The van der Waals surface area contributed by atoms with E-state index >= 15 is 0 Å². The van der Waals surface area contributed by atoms with Gasteiger partial charge in [0.25, 0.3) is 0 Å². The fourth-order valence-corrected chi connectivity index (χ4v) is 3.76. The third-order valence-corrected chi connectivity index (χ3v) is 5.44. The van der Waals surface area contributed by atoms with Crippen LogP contribution in [-0.2, 0) is 6.42 Å². The lowest BCUT2D eigenvalue weighted by Crippen LogP contribution is -2.41. The average Bonchev–Trinajstić information content (AvgIpc) is 3.25. The van der Waals surface area contributed by atoms with Crippen molar-refractivity contribution < 1.29 is 9.32 Å². The van der Waals surface area contributed by atoms with Crippen molar-refractivity contribution in [1.82, 2.24) is 15.0 Å². The van der Waals surface area contributed by atoms with Gasteiger partial charge in [-0.2, -0.15) is 4.98 Å². The zero-order chi connectivity index (χ0) is 20.2. The number of amides is 2. The number of carbonyl (C=O) groups is 1. The second-order valence-corrected chi connectivity index (χ2v) is 7.47. The minimum absolute atomic E-state index is 0.120. The van der Waals surface area contributed by atoms with E-state index in [4.69, 9.17) is 4.52 Å². The normalized spacial score (nSPS) is 16.6. The summed E-state index contributed by atoms with van der Waals surface area (Å²) >= 11 is 0. The molecule has 2 amide bonds. The van der Waals surface area contributed by atoms with Crippen LogP contribution in [0.25, 0.3) is 11.4 Å². The van der Waals surface area contributed by atoms with Gasteiger partial charge in [0.15, 0.2) is 0 Å². The monoisotopic (exact) mass is 390 g/mol. The second kappa shape index (κ2) is 8.47. The molecule has 6 heteroatoms. The molecule has 4 rings (SSSR count). The van der Waals surface area contributed by atoms with Crippen LogP contribution < -0.4 is 5.32 Å². The van der Waals surface area contributed by atoms with Gasteiger partial charge in [-0.1, -0.05) is 60.1 Å². The SMILES string of the molecule is CCc1ccccc1NC(=O)N1CCCCC1c1nc(-c2ccc(C)cc2)no1. The molecule has 0 spiro atoms. The minimum atomic E-state index is -0.204. The number of hydrogen-bond donors (Lipinski definition) is 1. The number of benzene rings is 2. The summed E-state index contributed by atoms with van der Waals surface area (Å²) < 4.78 is 5.58. The summed E-state index contributed by atoms with van der Waals surface area (Å²) in [6.07, 6.45) is 3.68. The summed E-state index contributed by atoms with van der Waals surface area (Å²) in [7, 11) is 0. The molecule has 1 fully saturated rings.